The summed E-state index contributed by atoms with van der Waals surface area (Å²) >= 11 is 0. The van der Waals surface area contributed by atoms with Gasteiger partial charge >= 0.3 is 0 Å². The summed E-state index contributed by atoms with van der Waals surface area (Å²) in [7, 11) is 2.05. The smallest absolute Gasteiger partial charge is 0.122 e. The summed E-state index contributed by atoms with van der Waals surface area (Å²) in [5.74, 6) is 0.987. The number of nitrogens with two attached hydrogens (primary N) is 1. The molecule has 0 amide bonds. The predicted molar refractivity (Wildman–Crippen MR) is 68.0 cm³/mol. The molecule has 0 aliphatic heterocycles. The molecule has 3 nitrogen and oxygen atoms in total. The van der Waals surface area contributed by atoms with E-state index in [1.165, 1.54) is 11.1 Å². The van der Waals surface area contributed by atoms with Crippen molar-refractivity contribution < 1.29 is 4.74 Å². The Bertz CT molecular complexity index is 326. The Balaban J connectivity index is 2.40. The zero-order valence-corrected chi connectivity index (χ0v) is 10.5. The van der Waals surface area contributed by atoms with Gasteiger partial charge in [-0.05, 0) is 38.1 Å². The standard InChI is InChI=1S/C13H22N2O/c1-11-5-4-6-13(12(11)2)16-10-9-15(3)8-7-14/h4-6H,7-10,14H2,1-3H3. The Morgan fingerprint density at radius 1 is 1.25 bits per heavy atom. The van der Waals surface area contributed by atoms with Crippen LogP contribution < -0.4 is 10.5 Å². The van der Waals surface area contributed by atoms with E-state index in [4.69, 9.17) is 10.5 Å². The van der Waals surface area contributed by atoms with Crippen molar-refractivity contribution in [3.63, 3.8) is 0 Å². The van der Waals surface area contributed by atoms with E-state index < -0.39 is 0 Å². The molecule has 0 radical (unpaired) electrons. The number of nitrogens with zero attached hydrogens (tertiary/aromatic N) is 1. The number of aryl methyl sites for hydroxylation is 1. The van der Waals surface area contributed by atoms with Crippen molar-refractivity contribution >= 4 is 0 Å². The van der Waals surface area contributed by atoms with Crippen molar-refractivity contribution in [2.75, 3.05) is 33.3 Å². The molecule has 1 aromatic rings. The van der Waals surface area contributed by atoms with E-state index in [1.54, 1.807) is 0 Å². The van der Waals surface area contributed by atoms with Gasteiger partial charge in [0, 0.05) is 19.6 Å². The van der Waals surface area contributed by atoms with Crippen molar-refractivity contribution in [2.24, 2.45) is 5.73 Å². The van der Waals surface area contributed by atoms with Gasteiger partial charge in [-0.2, -0.15) is 0 Å². The van der Waals surface area contributed by atoms with Gasteiger partial charge in [0.05, 0.1) is 0 Å². The molecule has 2 N–H and O–H groups in total. The van der Waals surface area contributed by atoms with E-state index >= 15 is 0 Å². The van der Waals surface area contributed by atoms with Crippen LogP contribution in [0.4, 0.5) is 0 Å². The first kappa shape index (κ1) is 13.0. The fraction of sp³-hybridized carbons (Fsp3) is 0.538. The first-order valence-corrected chi connectivity index (χ1v) is 5.72. The number of hydrogen-bond donors (Lipinski definition) is 1. The molecule has 0 spiro atoms. The number of hydrogen-bond acceptors (Lipinski definition) is 3. The highest BCUT2D eigenvalue weighted by Crippen LogP contribution is 2.20. The van der Waals surface area contributed by atoms with Crippen molar-refractivity contribution in [3.8, 4) is 5.75 Å². The summed E-state index contributed by atoms with van der Waals surface area (Å²) in [5.41, 5.74) is 7.97. The van der Waals surface area contributed by atoms with Gasteiger partial charge in [0.15, 0.2) is 0 Å². The largest absolute Gasteiger partial charge is 0.492 e. The molecule has 1 rings (SSSR count). The lowest BCUT2D eigenvalue weighted by molar-refractivity contribution is 0.240. The highest BCUT2D eigenvalue weighted by atomic mass is 16.5. The monoisotopic (exact) mass is 222 g/mol. The molecule has 3 heteroatoms. The molecule has 0 heterocycles. The molecule has 0 aromatic heterocycles. The molecule has 0 aliphatic carbocycles. The lowest BCUT2D eigenvalue weighted by atomic mass is 10.1. The fourth-order valence-electron chi connectivity index (χ4n) is 1.52. The van der Waals surface area contributed by atoms with E-state index in [1.807, 2.05) is 12.1 Å². The van der Waals surface area contributed by atoms with Crippen LogP contribution in [0, 0.1) is 13.8 Å². The number of likely N-dealkylation sites (N-methyl/N-ethyl adjacent to an activating group) is 1. The second-order valence-corrected chi connectivity index (χ2v) is 4.14. The minimum absolute atomic E-state index is 0.694. The normalized spacial score (nSPS) is 10.8. The second-order valence-electron chi connectivity index (χ2n) is 4.14. The summed E-state index contributed by atoms with van der Waals surface area (Å²) in [6.45, 7) is 7.42. The molecule has 1 aromatic carbocycles. The molecule has 0 fully saturated rings. The van der Waals surface area contributed by atoms with Crippen LogP contribution >= 0.6 is 0 Å². The highest BCUT2D eigenvalue weighted by Gasteiger charge is 2.02. The van der Waals surface area contributed by atoms with Crippen LogP contribution in [0.3, 0.4) is 0 Å². The van der Waals surface area contributed by atoms with E-state index in [0.717, 1.165) is 18.8 Å². The van der Waals surface area contributed by atoms with Gasteiger partial charge in [0.1, 0.15) is 12.4 Å². The van der Waals surface area contributed by atoms with E-state index in [0.29, 0.717) is 13.2 Å². The summed E-state index contributed by atoms with van der Waals surface area (Å²) in [4.78, 5) is 2.17. The Labute approximate surface area is 98.2 Å². The molecular weight excluding hydrogens is 200 g/mol. The molecule has 0 aliphatic rings. The first-order chi connectivity index (χ1) is 7.65. The summed E-state index contributed by atoms with van der Waals surface area (Å²) in [6, 6.07) is 6.15. The Morgan fingerprint density at radius 2 is 2.00 bits per heavy atom. The number of benzene rings is 1. The summed E-state index contributed by atoms with van der Waals surface area (Å²) in [5, 5.41) is 0. The third kappa shape index (κ3) is 3.83. The van der Waals surface area contributed by atoms with Crippen LogP contribution in [0.25, 0.3) is 0 Å². The van der Waals surface area contributed by atoms with Gasteiger partial charge in [-0.25, -0.2) is 0 Å². The topological polar surface area (TPSA) is 38.5 Å². The van der Waals surface area contributed by atoms with Crippen molar-refractivity contribution in [1.29, 1.82) is 0 Å². The zero-order chi connectivity index (χ0) is 12.0. The third-order valence-electron chi connectivity index (χ3n) is 2.80. The minimum Gasteiger partial charge on any atom is -0.492 e. The molecule has 90 valence electrons. The highest BCUT2D eigenvalue weighted by molar-refractivity contribution is 5.38. The Kier molecular flexibility index (Phi) is 5.29. The van der Waals surface area contributed by atoms with E-state index in [2.05, 4.69) is 31.9 Å². The van der Waals surface area contributed by atoms with Gasteiger partial charge in [-0.1, -0.05) is 12.1 Å². The number of ether oxygens (including phenoxy) is 1. The quantitative estimate of drug-likeness (QED) is 0.794. The van der Waals surface area contributed by atoms with E-state index in [-0.39, 0.29) is 0 Å². The second kappa shape index (κ2) is 6.51. The number of rotatable bonds is 6. The molecule has 0 unspecified atom stereocenters. The van der Waals surface area contributed by atoms with Crippen LogP contribution in [0.5, 0.6) is 5.75 Å². The molecule has 0 saturated heterocycles. The maximum absolute atomic E-state index is 5.75. The Hall–Kier alpha value is -1.06. The van der Waals surface area contributed by atoms with Gasteiger partial charge in [-0.3, -0.25) is 0 Å². The molecule has 0 saturated carbocycles. The maximum atomic E-state index is 5.75. The first-order valence-electron chi connectivity index (χ1n) is 5.72. The maximum Gasteiger partial charge on any atom is 0.122 e. The van der Waals surface area contributed by atoms with Crippen molar-refractivity contribution in [1.82, 2.24) is 4.90 Å². The van der Waals surface area contributed by atoms with Gasteiger partial charge < -0.3 is 15.4 Å². The van der Waals surface area contributed by atoms with Crippen LogP contribution in [-0.4, -0.2) is 38.2 Å². The third-order valence-corrected chi connectivity index (χ3v) is 2.80. The summed E-state index contributed by atoms with van der Waals surface area (Å²) in [6.07, 6.45) is 0. The van der Waals surface area contributed by atoms with Gasteiger partial charge in [-0.15, -0.1) is 0 Å². The van der Waals surface area contributed by atoms with Crippen LogP contribution in [0.1, 0.15) is 11.1 Å². The Morgan fingerprint density at radius 3 is 2.69 bits per heavy atom. The van der Waals surface area contributed by atoms with Crippen molar-refractivity contribution in [2.45, 2.75) is 13.8 Å². The molecule has 16 heavy (non-hydrogen) atoms. The SMILES string of the molecule is Cc1cccc(OCCN(C)CCN)c1C. The summed E-state index contributed by atoms with van der Waals surface area (Å²) < 4.78 is 5.75. The average molecular weight is 222 g/mol. The molecule has 0 atom stereocenters. The predicted octanol–water partition coefficient (Wildman–Crippen LogP) is 1.57. The van der Waals surface area contributed by atoms with Crippen LogP contribution in [0.2, 0.25) is 0 Å². The van der Waals surface area contributed by atoms with Crippen LogP contribution in [0.15, 0.2) is 18.2 Å². The lowest BCUT2D eigenvalue weighted by Gasteiger charge is -2.16. The zero-order valence-electron chi connectivity index (χ0n) is 10.5. The minimum atomic E-state index is 0.694. The van der Waals surface area contributed by atoms with Gasteiger partial charge in [0.2, 0.25) is 0 Å². The van der Waals surface area contributed by atoms with E-state index in [9.17, 15) is 0 Å². The van der Waals surface area contributed by atoms with Gasteiger partial charge in [0.25, 0.3) is 0 Å². The fourth-order valence-corrected chi connectivity index (χ4v) is 1.52. The van der Waals surface area contributed by atoms with Crippen molar-refractivity contribution in [3.05, 3.63) is 29.3 Å². The van der Waals surface area contributed by atoms with Crippen LogP contribution in [-0.2, 0) is 0 Å². The molecular formula is C13H22N2O. The molecule has 0 bridgehead atoms. The average Bonchev–Trinajstić information content (AvgIpc) is 2.25. The lowest BCUT2D eigenvalue weighted by Crippen LogP contribution is -2.29.